The Hall–Kier alpha value is -1.84. The van der Waals surface area contributed by atoms with Crippen LogP contribution in [0.4, 0.5) is 0 Å². The molecule has 4 heteroatoms. The number of carbonyl (C=O) groups excluding carboxylic acids is 2. The second kappa shape index (κ2) is 3.38. The van der Waals surface area contributed by atoms with Crippen LogP contribution in [0.15, 0.2) is 18.8 Å². The molecule has 1 aromatic rings. The number of rotatable bonds is 1. The van der Waals surface area contributed by atoms with Gasteiger partial charge in [-0.2, -0.15) is 0 Å². The Morgan fingerprint density at radius 2 is 2.33 bits per heavy atom. The predicted octanol–water partition coefficient (Wildman–Crippen LogP) is 1.26. The van der Waals surface area contributed by atoms with Gasteiger partial charge in [0.15, 0.2) is 5.78 Å². The molecule has 1 aliphatic heterocycles. The molecule has 4 nitrogen and oxygen atoms in total. The molecule has 0 atom stereocenters. The van der Waals surface area contributed by atoms with Gasteiger partial charge in [-0.3, -0.25) is 4.79 Å². The highest BCUT2D eigenvalue weighted by Gasteiger charge is 2.22. The minimum Gasteiger partial charge on any atom is -0.465 e. The Morgan fingerprint density at radius 3 is 3.00 bits per heavy atom. The molecule has 0 saturated heterocycles. The molecule has 0 aromatic carbocycles. The number of hydrogen-bond acceptors (Lipinski definition) is 3. The maximum absolute atomic E-state index is 11.4. The quantitative estimate of drug-likeness (QED) is 0.512. The third-order valence-corrected chi connectivity index (χ3v) is 2.54. The van der Waals surface area contributed by atoms with Gasteiger partial charge in [-0.25, -0.2) is 4.79 Å². The van der Waals surface area contributed by atoms with E-state index in [1.165, 1.54) is 7.11 Å². The first-order valence-corrected chi connectivity index (χ1v) is 4.64. The van der Waals surface area contributed by atoms with Crippen molar-refractivity contribution in [1.29, 1.82) is 0 Å². The topological polar surface area (TPSA) is 48.3 Å². The number of aromatic nitrogens is 1. The van der Waals surface area contributed by atoms with Crippen LogP contribution in [-0.4, -0.2) is 23.4 Å². The van der Waals surface area contributed by atoms with Crippen molar-refractivity contribution in [3.05, 3.63) is 30.1 Å². The number of aryl methyl sites for hydroxylation is 1. The Balaban J connectivity index is 2.44. The van der Waals surface area contributed by atoms with Crippen LogP contribution in [0.1, 0.15) is 22.5 Å². The maximum atomic E-state index is 11.4. The predicted molar refractivity (Wildman–Crippen MR) is 54.4 cm³/mol. The van der Waals surface area contributed by atoms with E-state index in [0.717, 1.165) is 0 Å². The number of Topliss-reactive ketones (excluding diaryl/α,β-unsaturated/α-hetero) is 1. The summed E-state index contributed by atoms with van der Waals surface area (Å²) in [4.78, 5) is 22.6. The van der Waals surface area contributed by atoms with Crippen molar-refractivity contribution >= 4 is 17.3 Å². The van der Waals surface area contributed by atoms with E-state index < -0.39 is 5.97 Å². The number of ether oxygens (including phenoxy) is 1. The molecular formula is C11H11NO3. The van der Waals surface area contributed by atoms with E-state index in [1.807, 2.05) is 4.57 Å². The highest BCUT2D eigenvalue weighted by atomic mass is 16.5. The third-order valence-electron chi connectivity index (χ3n) is 2.54. The summed E-state index contributed by atoms with van der Waals surface area (Å²) in [6.45, 7) is 4.31. The minimum atomic E-state index is -0.392. The van der Waals surface area contributed by atoms with Crippen molar-refractivity contribution in [3.8, 4) is 0 Å². The first-order chi connectivity index (χ1) is 7.13. The molecule has 0 bridgehead atoms. The molecule has 0 aliphatic carbocycles. The van der Waals surface area contributed by atoms with E-state index in [2.05, 4.69) is 11.3 Å². The van der Waals surface area contributed by atoms with Crippen LogP contribution < -0.4 is 0 Å². The number of esters is 1. The fourth-order valence-electron chi connectivity index (χ4n) is 1.70. The summed E-state index contributed by atoms with van der Waals surface area (Å²) < 4.78 is 6.47. The third kappa shape index (κ3) is 1.48. The van der Waals surface area contributed by atoms with Crippen LogP contribution in [0.3, 0.4) is 0 Å². The lowest BCUT2D eigenvalue weighted by molar-refractivity contribution is -0.114. The number of fused-ring (bicyclic) bond motifs is 1. The van der Waals surface area contributed by atoms with Gasteiger partial charge in [0, 0.05) is 24.7 Å². The first-order valence-electron chi connectivity index (χ1n) is 4.64. The van der Waals surface area contributed by atoms with Gasteiger partial charge < -0.3 is 9.30 Å². The van der Waals surface area contributed by atoms with Crippen LogP contribution >= 0.6 is 0 Å². The summed E-state index contributed by atoms with van der Waals surface area (Å²) in [5.41, 5.74) is 1.64. The Bertz CT molecular complexity index is 456. The summed E-state index contributed by atoms with van der Waals surface area (Å²) >= 11 is 0. The summed E-state index contributed by atoms with van der Waals surface area (Å²) in [7, 11) is 1.33. The lowest BCUT2D eigenvalue weighted by Gasteiger charge is -2.15. The number of hydrogen-bond donors (Lipinski definition) is 0. The maximum Gasteiger partial charge on any atom is 0.339 e. The van der Waals surface area contributed by atoms with Crippen LogP contribution in [0.5, 0.6) is 0 Å². The van der Waals surface area contributed by atoms with Gasteiger partial charge >= 0.3 is 5.97 Å². The molecule has 2 rings (SSSR count). The lowest BCUT2D eigenvalue weighted by atomic mass is 10.0. The SMILES string of the molecule is C=C1C(=O)CCn2cc(C(=O)OC)cc21. The Morgan fingerprint density at radius 1 is 1.60 bits per heavy atom. The second-order valence-electron chi connectivity index (χ2n) is 3.45. The van der Waals surface area contributed by atoms with Crippen LogP contribution in [0.25, 0.3) is 5.57 Å². The number of nitrogens with zero attached hydrogens (tertiary/aromatic N) is 1. The van der Waals surface area contributed by atoms with E-state index in [0.29, 0.717) is 29.8 Å². The molecule has 0 unspecified atom stereocenters. The number of methoxy groups -OCH3 is 1. The van der Waals surface area contributed by atoms with Crippen LogP contribution in [0.2, 0.25) is 0 Å². The van der Waals surface area contributed by atoms with Gasteiger partial charge in [-0.15, -0.1) is 0 Å². The van der Waals surface area contributed by atoms with Crippen molar-refractivity contribution in [2.75, 3.05) is 7.11 Å². The summed E-state index contributed by atoms with van der Waals surface area (Å²) in [5, 5.41) is 0. The monoisotopic (exact) mass is 205 g/mol. The fourth-order valence-corrected chi connectivity index (χ4v) is 1.70. The van der Waals surface area contributed by atoms with Gasteiger partial charge in [0.05, 0.1) is 18.4 Å². The zero-order valence-electron chi connectivity index (χ0n) is 8.45. The zero-order valence-corrected chi connectivity index (χ0v) is 8.45. The van der Waals surface area contributed by atoms with Gasteiger partial charge in [0.1, 0.15) is 0 Å². The summed E-state index contributed by atoms with van der Waals surface area (Å²) in [6, 6.07) is 1.64. The molecule has 0 spiro atoms. The fraction of sp³-hybridized carbons (Fsp3) is 0.273. The van der Waals surface area contributed by atoms with Gasteiger partial charge in [0.25, 0.3) is 0 Å². The molecule has 0 saturated carbocycles. The molecule has 78 valence electrons. The van der Waals surface area contributed by atoms with Gasteiger partial charge in [0.2, 0.25) is 0 Å². The smallest absolute Gasteiger partial charge is 0.339 e. The van der Waals surface area contributed by atoms with Crippen molar-refractivity contribution in [2.24, 2.45) is 0 Å². The van der Waals surface area contributed by atoms with Gasteiger partial charge in [-0.1, -0.05) is 6.58 Å². The second-order valence-corrected chi connectivity index (χ2v) is 3.45. The molecule has 0 radical (unpaired) electrons. The molecule has 0 fully saturated rings. The number of carbonyl (C=O) groups is 2. The van der Waals surface area contributed by atoms with Crippen molar-refractivity contribution in [2.45, 2.75) is 13.0 Å². The van der Waals surface area contributed by atoms with E-state index in [9.17, 15) is 9.59 Å². The minimum absolute atomic E-state index is 0.0389. The van der Waals surface area contributed by atoms with Gasteiger partial charge in [-0.05, 0) is 6.07 Å². The first kappa shape index (κ1) is 9.71. The number of allylic oxidation sites excluding steroid dienone is 1. The highest BCUT2D eigenvalue weighted by Crippen LogP contribution is 2.24. The largest absolute Gasteiger partial charge is 0.465 e. The Kier molecular flexibility index (Phi) is 2.19. The van der Waals surface area contributed by atoms with E-state index >= 15 is 0 Å². The standard InChI is InChI=1S/C11H11NO3/c1-7-9-5-8(11(14)15-2)6-12(9)4-3-10(7)13/h5-6H,1,3-4H2,2H3. The van der Waals surface area contributed by atoms with Crippen molar-refractivity contribution in [1.82, 2.24) is 4.57 Å². The number of ketones is 1. The molecular weight excluding hydrogens is 194 g/mol. The molecule has 0 amide bonds. The van der Waals surface area contributed by atoms with Crippen LogP contribution in [-0.2, 0) is 16.1 Å². The molecule has 1 aromatic heterocycles. The molecule has 2 heterocycles. The summed E-state index contributed by atoms with van der Waals surface area (Å²) in [5.74, 6) is -0.353. The van der Waals surface area contributed by atoms with E-state index in [-0.39, 0.29) is 5.78 Å². The summed E-state index contributed by atoms with van der Waals surface area (Å²) in [6.07, 6.45) is 2.14. The lowest BCUT2D eigenvalue weighted by Crippen LogP contribution is -2.15. The average Bonchev–Trinajstić information content (AvgIpc) is 2.67. The molecule has 0 N–H and O–H groups in total. The van der Waals surface area contributed by atoms with Crippen molar-refractivity contribution in [3.63, 3.8) is 0 Å². The highest BCUT2D eigenvalue weighted by molar-refractivity contribution is 6.20. The molecule has 15 heavy (non-hydrogen) atoms. The normalized spacial score (nSPS) is 15.0. The van der Waals surface area contributed by atoms with Crippen molar-refractivity contribution < 1.29 is 14.3 Å². The van der Waals surface area contributed by atoms with Crippen LogP contribution in [0, 0.1) is 0 Å². The Labute approximate surface area is 87.1 Å². The van der Waals surface area contributed by atoms with E-state index in [1.54, 1.807) is 12.3 Å². The van der Waals surface area contributed by atoms with E-state index in [4.69, 9.17) is 0 Å². The molecule has 1 aliphatic rings. The zero-order chi connectivity index (χ0) is 11.0. The average molecular weight is 205 g/mol.